The fourth-order valence-corrected chi connectivity index (χ4v) is 2.54. The van der Waals surface area contributed by atoms with Crippen molar-refractivity contribution in [2.75, 3.05) is 25.6 Å². The minimum atomic E-state index is -0.216. The Hall–Kier alpha value is -2.69. The van der Waals surface area contributed by atoms with E-state index in [0.29, 0.717) is 13.2 Å². The maximum absolute atomic E-state index is 12.1. The van der Waals surface area contributed by atoms with Crippen LogP contribution in [-0.2, 0) is 6.42 Å². The molecule has 0 heterocycles. The van der Waals surface area contributed by atoms with Gasteiger partial charge in [0.1, 0.15) is 11.5 Å². The molecule has 134 valence electrons. The van der Waals surface area contributed by atoms with Crippen LogP contribution in [0.4, 0.5) is 10.5 Å². The van der Waals surface area contributed by atoms with Gasteiger partial charge in [0, 0.05) is 12.2 Å². The first-order chi connectivity index (χ1) is 12.0. The number of benzene rings is 2. The van der Waals surface area contributed by atoms with Gasteiger partial charge in [-0.15, -0.1) is 0 Å². The van der Waals surface area contributed by atoms with Crippen LogP contribution in [0.2, 0.25) is 0 Å². The quantitative estimate of drug-likeness (QED) is 0.797. The molecule has 2 rings (SSSR count). The first-order valence-corrected chi connectivity index (χ1v) is 8.45. The fourth-order valence-electron chi connectivity index (χ4n) is 2.54. The summed E-state index contributed by atoms with van der Waals surface area (Å²) in [6.45, 7) is 7.06. The van der Waals surface area contributed by atoms with Crippen molar-refractivity contribution in [3.05, 3.63) is 53.1 Å². The highest BCUT2D eigenvalue weighted by Crippen LogP contribution is 2.21. The number of aryl methyl sites for hydroxylation is 2. The highest BCUT2D eigenvalue weighted by molar-refractivity contribution is 5.90. The molecule has 2 N–H and O–H groups in total. The van der Waals surface area contributed by atoms with Crippen LogP contribution in [-0.4, -0.2) is 26.3 Å². The van der Waals surface area contributed by atoms with Crippen LogP contribution in [0.15, 0.2) is 36.4 Å². The van der Waals surface area contributed by atoms with Crippen LogP contribution < -0.4 is 20.1 Å². The highest BCUT2D eigenvalue weighted by atomic mass is 16.5. The van der Waals surface area contributed by atoms with Crippen molar-refractivity contribution in [3.63, 3.8) is 0 Å². The summed E-state index contributed by atoms with van der Waals surface area (Å²) >= 11 is 0. The Morgan fingerprint density at radius 1 is 1.08 bits per heavy atom. The summed E-state index contributed by atoms with van der Waals surface area (Å²) in [6.07, 6.45) is 0.742. The maximum Gasteiger partial charge on any atom is 0.319 e. The minimum absolute atomic E-state index is 0.216. The summed E-state index contributed by atoms with van der Waals surface area (Å²) in [5, 5.41) is 5.74. The smallest absolute Gasteiger partial charge is 0.319 e. The lowest BCUT2D eigenvalue weighted by atomic mass is 10.1. The van der Waals surface area contributed by atoms with Gasteiger partial charge in [0.2, 0.25) is 0 Å². The Labute approximate surface area is 149 Å². The van der Waals surface area contributed by atoms with Gasteiger partial charge in [-0.1, -0.05) is 12.1 Å². The molecule has 5 heteroatoms. The molecule has 0 saturated heterocycles. The molecule has 0 atom stereocenters. The molecule has 2 amide bonds. The summed E-state index contributed by atoms with van der Waals surface area (Å²) in [7, 11) is 1.66. The minimum Gasteiger partial charge on any atom is -0.496 e. The summed E-state index contributed by atoms with van der Waals surface area (Å²) in [5.41, 5.74) is 3.96. The van der Waals surface area contributed by atoms with E-state index in [1.807, 2.05) is 57.2 Å². The Balaban J connectivity index is 1.85. The highest BCUT2D eigenvalue weighted by Gasteiger charge is 2.06. The lowest BCUT2D eigenvalue weighted by molar-refractivity contribution is 0.252. The van der Waals surface area contributed by atoms with Gasteiger partial charge in [-0.3, -0.25) is 0 Å². The van der Waals surface area contributed by atoms with Crippen LogP contribution in [0.5, 0.6) is 11.5 Å². The second kappa shape index (κ2) is 8.97. The fraction of sp³-hybridized carbons (Fsp3) is 0.350. The van der Waals surface area contributed by atoms with Gasteiger partial charge in [-0.05, 0) is 68.1 Å². The molecule has 0 aromatic heterocycles. The molecule has 5 nitrogen and oxygen atoms in total. The molecule has 0 unspecified atom stereocenters. The van der Waals surface area contributed by atoms with Gasteiger partial charge < -0.3 is 20.1 Å². The SMILES string of the molecule is CCOc1ccc(NC(=O)NCCc2ccc(C)c(OC)c2)c(C)c1. The van der Waals surface area contributed by atoms with E-state index in [0.717, 1.165) is 40.3 Å². The predicted octanol–water partition coefficient (Wildman–Crippen LogP) is 4.07. The van der Waals surface area contributed by atoms with Crippen molar-refractivity contribution in [1.29, 1.82) is 0 Å². The summed E-state index contributed by atoms with van der Waals surface area (Å²) in [6, 6.07) is 11.5. The number of hydrogen-bond acceptors (Lipinski definition) is 3. The molecule has 0 saturated carbocycles. The van der Waals surface area contributed by atoms with Crippen LogP contribution in [0, 0.1) is 13.8 Å². The predicted molar refractivity (Wildman–Crippen MR) is 101 cm³/mol. The third-order valence-electron chi connectivity index (χ3n) is 3.93. The summed E-state index contributed by atoms with van der Waals surface area (Å²) < 4.78 is 10.8. The first kappa shape index (κ1) is 18.6. The number of carbonyl (C=O) groups excluding carboxylic acids is 1. The summed E-state index contributed by atoms with van der Waals surface area (Å²) in [5.74, 6) is 1.67. The molecule has 0 aliphatic carbocycles. The molecule has 2 aromatic rings. The van der Waals surface area contributed by atoms with Gasteiger partial charge in [-0.2, -0.15) is 0 Å². The van der Waals surface area contributed by atoms with Gasteiger partial charge in [0.15, 0.2) is 0 Å². The molecule has 25 heavy (non-hydrogen) atoms. The Morgan fingerprint density at radius 2 is 1.88 bits per heavy atom. The van der Waals surface area contributed by atoms with E-state index in [1.165, 1.54) is 0 Å². The maximum atomic E-state index is 12.1. The lowest BCUT2D eigenvalue weighted by Gasteiger charge is -2.12. The largest absolute Gasteiger partial charge is 0.496 e. The molecular weight excluding hydrogens is 316 g/mol. The van der Waals surface area contributed by atoms with Gasteiger partial charge in [0.05, 0.1) is 13.7 Å². The second-order valence-electron chi connectivity index (χ2n) is 5.84. The zero-order chi connectivity index (χ0) is 18.2. The van der Waals surface area contributed by atoms with Crippen molar-refractivity contribution in [2.24, 2.45) is 0 Å². The molecule has 0 radical (unpaired) electrons. The number of methoxy groups -OCH3 is 1. The number of anilines is 1. The third-order valence-corrected chi connectivity index (χ3v) is 3.93. The third kappa shape index (κ3) is 5.41. The molecule has 0 aliphatic heterocycles. The molecule has 0 fully saturated rings. The Kier molecular flexibility index (Phi) is 6.69. The molecule has 2 aromatic carbocycles. The zero-order valence-corrected chi connectivity index (χ0v) is 15.3. The Morgan fingerprint density at radius 3 is 2.56 bits per heavy atom. The number of hydrogen-bond donors (Lipinski definition) is 2. The normalized spacial score (nSPS) is 10.2. The van der Waals surface area contributed by atoms with Crippen molar-refractivity contribution < 1.29 is 14.3 Å². The van der Waals surface area contributed by atoms with Crippen molar-refractivity contribution in [3.8, 4) is 11.5 Å². The van der Waals surface area contributed by atoms with Gasteiger partial charge in [0.25, 0.3) is 0 Å². The molecule has 0 spiro atoms. The Bertz CT molecular complexity index is 729. The van der Waals surface area contributed by atoms with Crippen LogP contribution in [0.3, 0.4) is 0 Å². The van der Waals surface area contributed by atoms with E-state index >= 15 is 0 Å². The number of ether oxygens (including phenoxy) is 2. The van der Waals surface area contributed by atoms with Crippen LogP contribution in [0.25, 0.3) is 0 Å². The molecule has 0 aliphatic rings. The number of urea groups is 1. The number of nitrogens with one attached hydrogen (secondary N) is 2. The van der Waals surface area contributed by atoms with Crippen molar-refractivity contribution in [2.45, 2.75) is 27.2 Å². The van der Waals surface area contributed by atoms with E-state index in [2.05, 4.69) is 10.6 Å². The zero-order valence-electron chi connectivity index (χ0n) is 15.3. The van der Waals surface area contributed by atoms with Crippen molar-refractivity contribution in [1.82, 2.24) is 5.32 Å². The van der Waals surface area contributed by atoms with Gasteiger partial charge in [-0.25, -0.2) is 4.79 Å². The van der Waals surface area contributed by atoms with Crippen LogP contribution in [0.1, 0.15) is 23.6 Å². The van der Waals surface area contributed by atoms with E-state index in [4.69, 9.17) is 9.47 Å². The average molecular weight is 342 g/mol. The van der Waals surface area contributed by atoms with Crippen molar-refractivity contribution >= 4 is 11.7 Å². The van der Waals surface area contributed by atoms with E-state index in [-0.39, 0.29) is 6.03 Å². The average Bonchev–Trinajstić information content (AvgIpc) is 2.59. The number of amides is 2. The molecule has 0 bridgehead atoms. The first-order valence-electron chi connectivity index (χ1n) is 8.45. The van der Waals surface area contributed by atoms with Gasteiger partial charge >= 0.3 is 6.03 Å². The standard InChI is InChI=1S/C20H26N2O3/c1-5-25-17-8-9-18(15(3)12-17)22-20(23)21-11-10-16-7-6-14(2)19(13-16)24-4/h6-9,12-13H,5,10-11H2,1-4H3,(H2,21,22,23). The number of rotatable bonds is 7. The van der Waals surface area contributed by atoms with E-state index in [9.17, 15) is 4.79 Å². The van der Waals surface area contributed by atoms with E-state index in [1.54, 1.807) is 7.11 Å². The molecular formula is C20H26N2O3. The monoisotopic (exact) mass is 342 g/mol. The number of carbonyl (C=O) groups is 1. The lowest BCUT2D eigenvalue weighted by Crippen LogP contribution is -2.30. The van der Waals surface area contributed by atoms with E-state index < -0.39 is 0 Å². The second-order valence-corrected chi connectivity index (χ2v) is 5.84. The summed E-state index contributed by atoms with van der Waals surface area (Å²) in [4.78, 5) is 12.1. The topological polar surface area (TPSA) is 59.6 Å². The van der Waals surface area contributed by atoms with Crippen LogP contribution >= 0.6 is 0 Å².